The Morgan fingerprint density at radius 2 is 1.94 bits per heavy atom. The molecule has 4 aromatic rings. The molecule has 0 aromatic carbocycles. The second-order valence-corrected chi connectivity index (χ2v) is 13.3. The number of carbonyl (C=O) groups is 1. The van der Waals surface area contributed by atoms with Gasteiger partial charge in [-0.05, 0) is 49.9 Å². The molecule has 4 aliphatic rings. The lowest BCUT2D eigenvalue weighted by Gasteiger charge is -2.46. The third kappa shape index (κ3) is 5.47. The highest BCUT2D eigenvalue weighted by Gasteiger charge is 2.37. The molecule has 0 spiro atoms. The van der Waals surface area contributed by atoms with E-state index < -0.39 is 18.3 Å². The van der Waals surface area contributed by atoms with Gasteiger partial charge >= 0.3 is 0 Å². The number of nitrogens with zero attached hydrogens (tertiary/aromatic N) is 8. The van der Waals surface area contributed by atoms with Crippen molar-refractivity contribution in [1.29, 1.82) is 0 Å². The molecule has 2 fully saturated rings. The first-order valence-electron chi connectivity index (χ1n) is 17.2. The summed E-state index contributed by atoms with van der Waals surface area (Å²) < 4.78 is 24.0. The second-order valence-electron chi connectivity index (χ2n) is 13.3. The van der Waals surface area contributed by atoms with E-state index in [0.717, 1.165) is 63.5 Å². The van der Waals surface area contributed by atoms with E-state index >= 15 is 4.39 Å². The number of halogens is 1. The van der Waals surface area contributed by atoms with E-state index in [4.69, 9.17) is 4.74 Å². The smallest absolute Gasteiger partial charge is 0.290 e. The molecule has 2 saturated heterocycles. The topological polar surface area (TPSA) is 134 Å². The van der Waals surface area contributed by atoms with E-state index in [2.05, 4.69) is 36.8 Å². The van der Waals surface area contributed by atoms with Gasteiger partial charge in [0.1, 0.15) is 23.0 Å². The number of hydrogen-bond acceptors (Lipinski definition) is 10. The molecule has 4 aromatic heterocycles. The van der Waals surface area contributed by atoms with Gasteiger partial charge in [0.25, 0.3) is 11.5 Å². The first-order valence-corrected chi connectivity index (χ1v) is 17.2. The molecule has 1 amide bonds. The fraction of sp³-hybridized carbons (Fsp3) is 0.417. The van der Waals surface area contributed by atoms with E-state index in [9.17, 15) is 14.7 Å². The highest BCUT2D eigenvalue weighted by molar-refractivity contribution is 6.06. The van der Waals surface area contributed by atoms with Crippen LogP contribution in [0.2, 0.25) is 0 Å². The number of aliphatic hydroxyl groups excluding tert-OH is 1. The number of rotatable bonds is 8. The largest absolute Gasteiger partial charge is 0.392 e. The van der Waals surface area contributed by atoms with Crippen LogP contribution in [0.25, 0.3) is 11.3 Å². The lowest BCUT2D eigenvalue weighted by atomic mass is 9.97. The molecule has 0 saturated carbocycles. The number of amides is 1. The summed E-state index contributed by atoms with van der Waals surface area (Å²) in [4.78, 5) is 42.3. The predicted octanol–water partition coefficient (Wildman–Crippen LogP) is 3.03. The molecular formula is C36H40FN9O4. The summed E-state index contributed by atoms with van der Waals surface area (Å²) in [6, 6.07) is 7.71. The third-order valence-electron chi connectivity index (χ3n) is 10.5. The zero-order chi connectivity index (χ0) is 34.5. The standard InChI is InChI=1S/C36H40FN9O4/c1-3-22-18-43(24-20-50-21-24)12-13-44(22)23-8-9-31(39-17-23)40-29-16-28(41-42(2)35(29)48)25-10-11-38-34(27(25)19-47)46-15-14-45-30-7-5-4-6-26(30)32(37)33(45)36(46)49/h3,8-11,16-17,22,24,47H,1,4-7,12-15,18-21H2,2H3,(H,39,40)/t22-/m0/s1. The number of hydrogen-bond donors (Lipinski definition) is 2. The van der Waals surface area contributed by atoms with Crippen molar-refractivity contribution in [3.8, 4) is 11.3 Å². The lowest BCUT2D eigenvalue weighted by Crippen LogP contribution is -2.60. The molecule has 13 nitrogen and oxygen atoms in total. The van der Waals surface area contributed by atoms with Crippen molar-refractivity contribution >= 4 is 28.9 Å². The maximum atomic E-state index is 15.6. The van der Waals surface area contributed by atoms with E-state index in [1.807, 2.05) is 22.8 Å². The first-order chi connectivity index (χ1) is 24.4. The zero-order valence-corrected chi connectivity index (χ0v) is 28.0. The molecule has 14 heteroatoms. The Labute approximate surface area is 288 Å². The Bertz CT molecular complexity index is 2020. The summed E-state index contributed by atoms with van der Waals surface area (Å²) in [5.74, 6) is -0.215. The number of ether oxygens (including phenoxy) is 1. The van der Waals surface area contributed by atoms with Crippen molar-refractivity contribution in [2.24, 2.45) is 7.05 Å². The molecule has 260 valence electrons. The number of anilines is 4. The molecule has 8 rings (SSSR count). The van der Waals surface area contributed by atoms with Gasteiger partial charge in [0.2, 0.25) is 0 Å². The molecule has 50 heavy (non-hydrogen) atoms. The van der Waals surface area contributed by atoms with E-state index in [1.54, 1.807) is 25.4 Å². The number of aryl methyl sites for hydroxylation is 1. The maximum Gasteiger partial charge on any atom is 0.290 e. The summed E-state index contributed by atoms with van der Waals surface area (Å²) in [6.45, 7) is 8.53. The quantitative estimate of drug-likeness (QED) is 0.268. The van der Waals surface area contributed by atoms with Gasteiger partial charge < -0.3 is 24.6 Å². The number of aromatic nitrogens is 5. The highest BCUT2D eigenvalue weighted by atomic mass is 19.1. The van der Waals surface area contributed by atoms with Crippen molar-refractivity contribution in [2.75, 3.05) is 54.5 Å². The second kappa shape index (κ2) is 13.1. The summed E-state index contributed by atoms with van der Waals surface area (Å²) in [5, 5.41) is 18.2. The minimum absolute atomic E-state index is 0.0514. The normalized spacial score (nSPS) is 19.6. The Kier molecular flexibility index (Phi) is 8.45. The van der Waals surface area contributed by atoms with Crippen LogP contribution in [0.3, 0.4) is 0 Å². The van der Waals surface area contributed by atoms with Gasteiger partial charge in [0, 0.05) is 68.4 Å². The zero-order valence-electron chi connectivity index (χ0n) is 28.0. The summed E-state index contributed by atoms with van der Waals surface area (Å²) in [6.07, 6.45) is 8.55. The number of pyridine rings is 2. The number of carbonyl (C=O) groups excluding carboxylic acids is 1. The first kappa shape index (κ1) is 32.3. The molecule has 2 N–H and O–H groups in total. The van der Waals surface area contributed by atoms with Crippen LogP contribution in [0.4, 0.5) is 27.4 Å². The van der Waals surface area contributed by atoms with Crippen molar-refractivity contribution in [3.05, 3.63) is 88.0 Å². The van der Waals surface area contributed by atoms with Crippen LogP contribution in [0, 0.1) is 5.82 Å². The third-order valence-corrected chi connectivity index (χ3v) is 10.5. The highest BCUT2D eigenvalue weighted by Crippen LogP contribution is 2.36. The van der Waals surface area contributed by atoms with Crippen molar-refractivity contribution < 1.29 is 19.0 Å². The average molecular weight is 682 g/mol. The van der Waals surface area contributed by atoms with Gasteiger partial charge in [-0.15, -0.1) is 6.58 Å². The maximum absolute atomic E-state index is 15.6. The van der Waals surface area contributed by atoms with E-state index in [1.165, 1.54) is 15.8 Å². The van der Waals surface area contributed by atoms with Crippen LogP contribution in [-0.2, 0) is 37.8 Å². The Morgan fingerprint density at radius 3 is 2.68 bits per heavy atom. The van der Waals surface area contributed by atoms with E-state index in [0.29, 0.717) is 47.2 Å². The van der Waals surface area contributed by atoms with Crippen LogP contribution < -0.4 is 20.7 Å². The molecule has 0 unspecified atom stereocenters. The van der Waals surface area contributed by atoms with Crippen LogP contribution in [0.5, 0.6) is 0 Å². The SMILES string of the molecule is C=C[C@H]1CN(C2COC2)CCN1c1ccc(Nc2cc(-c3ccnc(N4CCn5c6c(c(F)c5C4=O)CCCC6)c3CO)nn(C)c2=O)nc1. The van der Waals surface area contributed by atoms with Gasteiger partial charge in [-0.25, -0.2) is 19.0 Å². The van der Waals surface area contributed by atoms with Gasteiger partial charge in [-0.2, -0.15) is 5.10 Å². The molecule has 7 heterocycles. The summed E-state index contributed by atoms with van der Waals surface area (Å²) in [5.41, 5.74) is 3.68. The van der Waals surface area contributed by atoms with E-state index in [-0.39, 0.29) is 35.3 Å². The van der Waals surface area contributed by atoms with Gasteiger partial charge in [-0.3, -0.25) is 19.4 Å². The number of fused-ring (bicyclic) bond motifs is 3. The van der Waals surface area contributed by atoms with Gasteiger partial charge in [0.05, 0.1) is 49.5 Å². The fourth-order valence-electron chi connectivity index (χ4n) is 7.74. The van der Waals surface area contributed by atoms with Crippen molar-refractivity contribution in [1.82, 2.24) is 29.2 Å². The van der Waals surface area contributed by atoms with Crippen LogP contribution in [-0.4, -0.2) is 91.7 Å². The molecule has 0 radical (unpaired) electrons. The fourth-order valence-corrected chi connectivity index (χ4v) is 7.74. The minimum atomic E-state index is -0.484. The van der Waals surface area contributed by atoms with Gasteiger partial charge in [-0.1, -0.05) is 6.08 Å². The van der Waals surface area contributed by atoms with Gasteiger partial charge in [0.15, 0.2) is 5.82 Å². The van der Waals surface area contributed by atoms with Crippen molar-refractivity contribution in [3.63, 3.8) is 0 Å². The summed E-state index contributed by atoms with van der Waals surface area (Å²) in [7, 11) is 1.55. The number of piperazine rings is 1. The van der Waals surface area contributed by atoms with Crippen molar-refractivity contribution in [2.45, 2.75) is 50.9 Å². The Morgan fingerprint density at radius 1 is 1.10 bits per heavy atom. The monoisotopic (exact) mass is 681 g/mol. The molecule has 1 atom stereocenters. The molecule has 1 aliphatic carbocycles. The Hall–Kier alpha value is -4.92. The predicted molar refractivity (Wildman–Crippen MR) is 186 cm³/mol. The molecular weight excluding hydrogens is 641 g/mol. The number of nitrogens with one attached hydrogen (secondary N) is 1. The van der Waals surface area contributed by atoms with Crippen LogP contribution in [0.15, 0.2) is 54.1 Å². The minimum Gasteiger partial charge on any atom is -0.392 e. The lowest BCUT2D eigenvalue weighted by molar-refractivity contribution is -0.0682. The van der Waals surface area contributed by atoms with Crippen LogP contribution in [0.1, 0.15) is 40.2 Å². The average Bonchev–Trinajstić information content (AvgIpc) is 3.41. The number of aliphatic hydroxyl groups is 1. The molecule has 3 aliphatic heterocycles. The van der Waals surface area contributed by atoms with Crippen LogP contribution >= 0.6 is 0 Å². The summed E-state index contributed by atoms with van der Waals surface area (Å²) >= 11 is 0. The molecule has 0 bridgehead atoms. The Balaban J connectivity index is 1.05.